The standard InChI is InChI=1S/C17H18ClNO2/c1-11-5-4-6-13(7-11)9-17(20)19-15-8-12(2)14(18)10-16(15)21-3/h4-8,10H,9H2,1-3H3,(H,19,20). The average Bonchev–Trinajstić information content (AvgIpc) is 2.42. The molecule has 1 amide bonds. The Labute approximate surface area is 129 Å². The molecule has 0 saturated heterocycles. The Morgan fingerprint density at radius 1 is 1.24 bits per heavy atom. The van der Waals surface area contributed by atoms with Gasteiger partial charge in [-0.25, -0.2) is 0 Å². The Kier molecular flexibility index (Phi) is 4.86. The molecule has 21 heavy (non-hydrogen) atoms. The third-order valence-electron chi connectivity index (χ3n) is 3.20. The number of hydrogen-bond acceptors (Lipinski definition) is 2. The van der Waals surface area contributed by atoms with Crippen LogP contribution in [0.25, 0.3) is 0 Å². The van der Waals surface area contributed by atoms with Crippen molar-refractivity contribution < 1.29 is 9.53 Å². The van der Waals surface area contributed by atoms with Gasteiger partial charge in [0.25, 0.3) is 0 Å². The van der Waals surface area contributed by atoms with Crippen LogP contribution in [-0.4, -0.2) is 13.0 Å². The van der Waals surface area contributed by atoms with E-state index in [4.69, 9.17) is 16.3 Å². The monoisotopic (exact) mass is 303 g/mol. The molecular formula is C17H18ClNO2. The van der Waals surface area contributed by atoms with Crippen LogP contribution in [0.2, 0.25) is 5.02 Å². The van der Waals surface area contributed by atoms with Crippen LogP contribution in [0.3, 0.4) is 0 Å². The maximum atomic E-state index is 12.2. The van der Waals surface area contributed by atoms with Crippen LogP contribution < -0.4 is 10.1 Å². The lowest BCUT2D eigenvalue weighted by atomic mass is 10.1. The molecule has 4 heteroatoms. The third-order valence-corrected chi connectivity index (χ3v) is 3.61. The molecule has 0 aliphatic heterocycles. The first kappa shape index (κ1) is 15.4. The number of benzene rings is 2. The highest BCUT2D eigenvalue weighted by Crippen LogP contribution is 2.31. The van der Waals surface area contributed by atoms with Gasteiger partial charge in [-0.1, -0.05) is 41.4 Å². The van der Waals surface area contributed by atoms with Crippen LogP contribution in [0.5, 0.6) is 5.75 Å². The second-order valence-electron chi connectivity index (χ2n) is 5.02. The first-order chi connectivity index (χ1) is 9.99. The molecule has 0 radical (unpaired) electrons. The van der Waals surface area contributed by atoms with Crippen molar-refractivity contribution in [3.63, 3.8) is 0 Å². The van der Waals surface area contributed by atoms with Crippen LogP contribution in [0, 0.1) is 13.8 Å². The topological polar surface area (TPSA) is 38.3 Å². The fraction of sp³-hybridized carbons (Fsp3) is 0.235. The fourth-order valence-electron chi connectivity index (χ4n) is 2.13. The first-order valence-electron chi connectivity index (χ1n) is 6.69. The zero-order chi connectivity index (χ0) is 15.4. The molecule has 0 heterocycles. The average molecular weight is 304 g/mol. The molecule has 0 saturated carbocycles. The highest BCUT2D eigenvalue weighted by atomic mass is 35.5. The van der Waals surface area contributed by atoms with E-state index in [1.165, 1.54) is 0 Å². The van der Waals surface area contributed by atoms with E-state index in [9.17, 15) is 4.79 Å². The van der Waals surface area contributed by atoms with Gasteiger partial charge in [0, 0.05) is 11.1 Å². The molecular weight excluding hydrogens is 286 g/mol. The van der Waals surface area contributed by atoms with Crippen molar-refractivity contribution in [3.05, 3.63) is 58.1 Å². The lowest BCUT2D eigenvalue weighted by molar-refractivity contribution is -0.115. The Morgan fingerprint density at radius 3 is 2.67 bits per heavy atom. The summed E-state index contributed by atoms with van der Waals surface area (Å²) in [4.78, 5) is 12.2. The van der Waals surface area contributed by atoms with Crippen molar-refractivity contribution in [1.82, 2.24) is 0 Å². The molecule has 0 aliphatic rings. The molecule has 0 spiro atoms. The second-order valence-corrected chi connectivity index (χ2v) is 5.42. The lowest BCUT2D eigenvalue weighted by Gasteiger charge is -2.12. The van der Waals surface area contributed by atoms with Gasteiger partial charge < -0.3 is 10.1 Å². The number of carbonyl (C=O) groups excluding carboxylic acids is 1. The summed E-state index contributed by atoms with van der Waals surface area (Å²) in [5, 5.41) is 3.49. The summed E-state index contributed by atoms with van der Waals surface area (Å²) in [7, 11) is 1.55. The maximum absolute atomic E-state index is 12.2. The highest BCUT2D eigenvalue weighted by Gasteiger charge is 2.11. The molecule has 0 aliphatic carbocycles. The summed E-state index contributed by atoms with van der Waals surface area (Å²) in [5.74, 6) is 0.476. The Balaban J connectivity index is 2.14. The van der Waals surface area contributed by atoms with E-state index in [1.54, 1.807) is 13.2 Å². The van der Waals surface area contributed by atoms with Gasteiger partial charge in [-0.15, -0.1) is 0 Å². The smallest absolute Gasteiger partial charge is 0.228 e. The molecule has 0 atom stereocenters. The Hall–Kier alpha value is -2.00. The Morgan fingerprint density at radius 2 is 2.00 bits per heavy atom. The van der Waals surface area contributed by atoms with E-state index in [-0.39, 0.29) is 5.91 Å². The van der Waals surface area contributed by atoms with E-state index < -0.39 is 0 Å². The molecule has 2 aromatic rings. The quantitative estimate of drug-likeness (QED) is 0.921. The number of rotatable bonds is 4. The van der Waals surface area contributed by atoms with Crippen molar-refractivity contribution >= 4 is 23.2 Å². The van der Waals surface area contributed by atoms with Crippen molar-refractivity contribution in [2.75, 3.05) is 12.4 Å². The van der Waals surface area contributed by atoms with Crippen molar-refractivity contribution in [3.8, 4) is 5.75 Å². The van der Waals surface area contributed by atoms with E-state index in [0.717, 1.165) is 16.7 Å². The van der Waals surface area contributed by atoms with Crippen LogP contribution in [-0.2, 0) is 11.2 Å². The van der Waals surface area contributed by atoms with Gasteiger partial charge in [0.05, 0.1) is 19.2 Å². The minimum atomic E-state index is -0.0828. The number of halogens is 1. The molecule has 110 valence electrons. The maximum Gasteiger partial charge on any atom is 0.228 e. The lowest BCUT2D eigenvalue weighted by Crippen LogP contribution is -2.15. The van der Waals surface area contributed by atoms with Crippen molar-refractivity contribution in [1.29, 1.82) is 0 Å². The number of aryl methyl sites for hydroxylation is 2. The normalized spacial score (nSPS) is 10.3. The predicted octanol–water partition coefficient (Wildman–Crippen LogP) is 4.15. The summed E-state index contributed by atoms with van der Waals surface area (Å²) in [6, 6.07) is 11.4. The minimum Gasteiger partial charge on any atom is -0.495 e. The number of amides is 1. The largest absolute Gasteiger partial charge is 0.495 e. The zero-order valence-electron chi connectivity index (χ0n) is 12.4. The number of carbonyl (C=O) groups is 1. The van der Waals surface area contributed by atoms with Gasteiger partial charge in [-0.2, -0.15) is 0 Å². The van der Waals surface area contributed by atoms with Crippen molar-refractivity contribution in [2.24, 2.45) is 0 Å². The minimum absolute atomic E-state index is 0.0828. The second kappa shape index (κ2) is 6.64. The van der Waals surface area contributed by atoms with E-state index in [1.807, 2.05) is 44.2 Å². The summed E-state index contributed by atoms with van der Waals surface area (Å²) < 4.78 is 5.25. The molecule has 2 rings (SSSR count). The van der Waals surface area contributed by atoms with E-state index in [0.29, 0.717) is 22.9 Å². The van der Waals surface area contributed by atoms with Crippen LogP contribution in [0.1, 0.15) is 16.7 Å². The summed E-state index contributed by atoms with van der Waals surface area (Å²) in [5.41, 5.74) is 3.65. The van der Waals surface area contributed by atoms with Gasteiger partial charge in [0.1, 0.15) is 5.75 Å². The van der Waals surface area contributed by atoms with Crippen LogP contribution in [0.15, 0.2) is 36.4 Å². The Bertz CT molecular complexity index is 668. The van der Waals surface area contributed by atoms with Crippen LogP contribution >= 0.6 is 11.6 Å². The zero-order valence-corrected chi connectivity index (χ0v) is 13.1. The molecule has 1 N–H and O–H groups in total. The third kappa shape index (κ3) is 3.99. The molecule has 0 fully saturated rings. The van der Waals surface area contributed by atoms with Gasteiger partial charge >= 0.3 is 0 Å². The van der Waals surface area contributed by atoms with Gasteiger partial charge in [0.2, 0.25) is 5.91 Å². The number of hydrogen-bond donors (Lipinski definition) is 1. The van der Waals surface area contributed by atoms with Gasteiger partial charge in [0.15, 0.2) is 0 Å². The number of ether oxygens (including phenoxy) is 1. The number of methoxy groups -OCH3 is 1. The number of anilines is 1. The van der Waals surface area contributed by atoms with Crippen molar-refractivity contribution in [2.45, 2.75) is 20.3 Å². The highest BCUT2D eigenvalue weighted by molar-refractivity contribution is 6.31. The van der Waals surface area contributed by atoms with E-state index in [2.05, 4.69) is 5.32 Å². The SMILES string of the molecule is COc1cc(Cl)c(C)cc1NC(=O)Cc1cccc(C)c1. The fourth-order valence-corrected chi connectivity index (χ4v) is 2.29. The van der Waals surface area contributed by atoms with Crippen LogP contribution in [0.4, 0.5) is 5.69 Å². The molecule has 0 aromatic heterocycles. The summed E-state index contributed by atoms with van der Waals surface area (Å²) in [6.45, 7) is 3.89. The summed E-state index contributed by atoms with van der Waals surface area (Å²) in [6.07, 6.45) is 0.326. The summed E-state index contributed by atoms with van der Waals surface area (Å²) >= 11 is 6.06. The molecule has 3 nitrogen and oxygen atoms in total. The molecule has 0 bridgehead atoms. The first-order valence-corrected chi connectivity index (χ1v) is 7.07. The van der Waals surface area contributed by atoms with Gasteiger partial charge in [-0.3, -0.25) is 4.79 Å². The number of nitrogens with one attached hydrogen (secondary N) is 1. The van der Waals surface area contributed by atoms with E-state index >= 15 is 0 Å². The molecule has 2 aromatic carbocycles. The predicted molar refractivity (Wildman–Crippen MR) is 86.3 cm³/mol. The van der Waals surface area contributed by atoms with Gasteiger partial charge in [-0.05, 0) is 31.0 Å². The molecule has 0 unspecified atom stereocenters.